The summed E-state index contributed by atoms with van der Waals surface area (Å²) in [5.74, 6) is 0. The van der Waals surface area contributed by atoms with Gasteiger partial charge in [-0.2, -0.15) is 0 Å². The summed E-state index contributed by atoms with van der Waals surface area (Å²) < 4.78 is 0. The van der Waals surface area contributed by atoms with E-state index in [4.69, 9.17) is 0 Å². The van der Waals surface area contributed by atoms with Crippen LogP contribution >= 0.6 is 0 Å². The number of hydrogen-bond acceptors (Lipinski definition) is 0. The van der Waals surface area contributed by atoms with Crippen LogP contribution in [0.2, 0.25) is 0 Å². The molecule has 18 heavy (non-hydrogen) atoms. The molecule has 0 nitrogen and oxygen atoms in total. The highest BCUT2D eigenvalue weighted by molar-refractivity contribution is 5.43. The van der Waals surface area contributed by atoms with Crippen molar-refractivity contribution >= 4 is 0 Å². The fourth-order valence-corrected chi connectivity index (χ4v) is 1.29. The number of hydrogen-bond donors (Lipinski definition) is 0. The van der Waals surface area contributed by atoms with E-state index in [0.29, 0.717) is 0 Å². The summed E-state index contributed by atoms with van der Waals surface area (Å²) in [4.78, 5) is 0. The summed E-state index contributed by atoms with van der Waals surface area (Å²) in [5.41, 5.74) is 4.11. The quantitative estimate of drug-likeness (QED) is 0.493. The molecular formula is C18H30. The van der Waals surface area contributed by atoms with E-state index in [2.05, 4.69) is 57.2 Å². The highest BCUT2D eigenvalue weighted by Gasteiger charge is 1.98. The summed E-state index contributed by atoms with van der Waals surface area (Å²) in [5, 5.41) is 0. The summed E-state index contributed by atoms with van der Waals surface area (Å²) >= 11 is 0. The van der Waals surface area contributed by atoms with Crippen molar-refractivity contribution in [3.63, 3.8) is 0 Å². The minimum Gasteiger partial charge on any atom is -0.0877 e. The van der Waals surface area contributed by atoms with Crippen LogP contribution in [0.5, 0.6) is 0 Å². The Morgan fingerprint density at radius 3 is 1.89 bits per heavy atom. The predicted molar refractivity (Wildman–Crippen MR) is 86.9 cm³/mol. The topological polar surface area (TPSA) is 0 Å². The molecule has 0 saturated heterocycles. The lowest BCUT2D eigenvalue weighted by Crippen LogP contribution is -1.86. The lowest BCUT2D eigenvalue weighted by molar-refractivity contribution is 1.06. The Balaban J connectivity index is 0. The Kier molecular flexibility index (Phi) is 14.6. The van der Waals surface area contributed by atoms with Crippen molar-refractivity contribution in [2.75, 3.05) is 0 Å². The molecule has 0 N–H and O–H groups in total. The standard InChI is InChI=1S/C16H24.C2H6/c1-6-9-11-13-16(12-10-7-2)15(5)14(4)8-3;1-2/h6-7,9-13H,8H2,1-5H3;1-2H3/b9-6-,10-7-,13-11-,15-14+,16-12-;. The van der Waals surface area contributed by atoms with E-state index in [0.717, 1.165) is 6.42 Å². The molecule has 0 spiro atoms. The Morgan fingerprint density at radius 2 is 1.44 bits per heavy atom. The lowest BCUT2D eigenvalue weighted by Gasteiger charge is -2.06. The van der Waals surface area contributed by atoms with Crippen LogP contribution in [0.3, 0.4) is 0 Å². The fraction of sp³-hybridized carbons (Fsp3) is 0.444. The van der Waals surface area contributed by atoms with E-state index < -0.39 is 0 Å². The van der Waals surface area contributed by atoms with Crippen molar-refractivity contribution in [3.8, 4) is 0 Å². The van der Waals surface area contributed by atoms with Crippen molar-refractivity contribution in [2.45, 2.75) is 54.9 Å². The Morgan fingerprint density at radius 1 is 0.889 bits per heavy atom. The average Bonchev–Trinajstić information content (AvgIpc) is 2.43. The van der Waals surface area contributed by atoms with Gasteiger partial charge < -0.3 is 0 Å². The van der Waals surface area contributed by atoms with Gasteiger partial charge in [0.05, 0.1) is 0 Å². The van der Waals surface area contributed by atoms with Crippen molar-refractivity contribution in [1.82, 2.24) is 0 Å². The van der Waals surface area contributed by atoms with Crippen molar-refractivity contribution in [2.24, 2.45) is 0 Å². The van der Waals surface area contributed by atoms with Gasteiger partial charge in [-0.1, -0.05) is 68.9 Å². The van der Waals surface area contributed by atoms with Gasteiger partial charge in [0, 0.05) is 0 Å². The molecule has 0 aliphatic rings. The molecule has 0 saturated carbocycles. The van der Waals surface area contributed by atoms with Crippen molar-refractivity contribution < 1.29 is 0 Å². The Bertz CT molecular complexity index is 333. The van der Waals surface area contributed by atoms with Crippen LogP contribution in [0.1, 0.15) is 54.9 Å². The summed E-state index contributed by atoms with van der Waals surface area (Å²) in [6.45, 7) is 14.6. The van der Waals surface area contributed by atoms with E-state index in [9.17, 15) is 0 Å². The second kappa shape index (κ2) is 13.8. The third-order valence-corrected chi connectivity index (χ3v) is 2.65. The molecule has 0 aromatic carbocycles. The van der Waals surface area contributed by atoms with Gasteiger partial charge in [0.2, 0.25) is 0 Å². The zero-order chi connectivity index (χ0) is 14.4. The van der Waals surface area contributed by atoms with Crippen LogP contribution in [0, 0.1) is 0 Å². The molecule has 0 heteroatoms. The van der Waals surface area contributed by atoms with E-state index in [1.807, 2.05) is 33.8 Å². The molecule has 0 heterocycles. The van der Waals surface area contributed by atoms with Crippen LogP contribution in [0.25, 0.3) is 0 Å². The van der Waals surface area contributed by atoms with Gasteiger partial charge in [0.15, 0.2) is 0 Å². The third-order valence-electron chi connectivity index (χ3n) is 2.65. The van der Waals surface area contributed by atoms with E-state index >= 15 is 0 Å². The van der Waals surface area contributed by atoms with Crippen LogP contribution in [0.15, 0.2) is 59.3 Å². The van der Waals surface area contributed by atoms with Crippen LogP contribution in [-0.2, 0) is 0 Å². The van der Waals surface area contributed by atoms with Gasteiger partial charge in [0.1, 0.15) is 0 Å². The summed E-state index contributed by atoms with van der Waals surface area (Å²) in [7, 11) is 0. The molecule has 0 aliphatic carbocycles. The van der Waals surface area contributed by atoms with Crippen molar-refractivity contribution in [3.05, 3.63) is 59.3 Å². The first-order chi connectivity index (χ1) is 8.67. The Labute approximate surface area is 115 Å². The molecule has 0 aromatic rings. The minimum atomic E-state index is 1.11. The summed E-state index contributed by atoms with van der Waals surface area (Å²) in [6, 6.07) is 0. The largest absolute Gasteiger partial charge is 0.0877 e. The third kappa shape index (κ3) is 8.81. The second-order valence-corrected chi connectivity index (χ2v) is 3.79. The summed E-state index contributed by atoms with van der Waals surface area (Å²) in [6.07, 6.45) is 15.7. The molecule has 102 valence electrons. The molecule has 0 amide bonds. The first-order valence-electron chi connectivity index (χ1n) is 6.96. The fourth-order valence-electron chi connectivity index (χ4n) is 1.29. The monoisotopic (exact) mass is 246 g/mol. The van der Waals surface area contributed by atoms with Gasteiger partial charge in [0.25, 0.3) is 0 Å². The van der Waals surface area contributed by atoms with E-state index in [1.54, 1.807) is 0 Å². The SMILES string of the molecule is C/C=C\C=C/C(=C/C=C\C)C(/C)=C(\C)CC.CC. The normalized spacial score (nSPS) is 14.1. The molecule has 0 aromatic heterocycles. The number of rotatable bonds is 5. The number of allylic oxidation sites excluding steroid dienone is 10. The smallest absolute Gasteiger partial charge is 0.0228 e. The van der Waals surface area contributed by atoms with Gasteiger partial charge in [-0.05, 0) is 45.3 Å². The first-order valence-corrected chi connectivity index (χ1v) is 6.96. The molecule has 0 rings (SSSR count). The molecule has 0 atom stereocenters. The average molecular weight is 246 g/mol. The van der Waals surface area contributed by atoms with E-state index in [1.165, 1.54) is 16.7 Å². The van der Waals surface area contributed by atoms with Gasteiger partial charge in [-0.15, -0.1) is 0 Å². The zero-order valence-corrected chi connectivity index (χ0v) is 13.2. The second-order valence-electron chi connectivity index (χ2n) is 3.79. The van der Waals surface area contributed by atoms with Gasteiger partial charge >= 0.3 is 0 Å². The minimum absolute atomic E-state index is 1.11. The molecule has 0 unspecified atom stereocenters. The predicted octanol–water partition coefficient (Wildman–Crippen LogP) is 6.39. The lowest BCUT2D eigenvalue weighted by atomic mass is 10.00. The highest BCUT2D eigenvalue weighted by Crippen LogP contribution is 2.18. The zero-order valence-electron chi connectivity index (χ0n) is 13.2. The van der Waals surface area contributed by atoms with E-state index in [-0.39, 0.29) is 0 Å². The van der Waals surface area contributed by atoms with Crippen LogP contribution in [-0.4, -0.2) is 0 Å². The van der Waals surface area contributed by atoms with Gasteiger partial charge in [-0.25, -0.2) is 0 Å². The highest BCUT2D eigenvalue weighted by atomic mass is 14.0. The van der Waals surface area contributed by atoms with Gasteiger partial charge in [-0.3, -0.25) is 0 Å². The van der Waals surface area contributed by atoms with Crippen molar-refractivity contribution in [1.29, 1.82) is 0 Å². The molecular weight excluding hydrogens is 216 g/mol. The molecule has 0 aliphatic heterocycles. The maximum Gasteiger partial charge on any atom is -0.0228 e. The maximum absolute atomic E-state index is 2.20. The van der Waals surface area contributed by atoms with Crippen LogP contribution < -0.4 is 0 Å². The Hall–Kier alpha value is -1.30. The van der Waals surface area contributed by atoms with Crippen LogP contribution in [0.4, 0.5) is 0 Å². The maximum atomic E-state index is 2.20. The molecule has 0 radical (unpaired) electrons. The molecule has 0 fully saturated rings. The molecule has 0 bridgehead atoms. The first kappa shape index (κ1) is 19.0.